The normalized spacial score (nSPS) is 15.2. The molecule has 1 amide bonds. The summed E-state index contributed by atoms with van der Waals surface area (Å²) < 4.78 is 5.15. The summed E-state index contributed by atoms with van der Waals surface area (Å²) in [5.74, 6) is -1.02. The summed E-state index contributed by atoms with van der Waals surface area (Å²) >= 11 is 0. The monoisotopic (exact) mass is 390 g/mol. The summed E-state index contributed by atoms with van der Waals surface area (Å²) in [6, 6.07) is 13.1. The van der Waals surface area contributed by atoms with Gasteiger partial charge < -0.3 is 15.0 Å². The lowest BCUT2D eigenvalue weighted by atomic mass is 9.99. The number of ketones is 1. The van der Waals surface area contributed by atoms with E-state index in [1.165, 1.54) is 5.56 Å². The van der Waals surface area contributed by atoms with E-state index in [2.05, 4.69) is 16.4 Å². The van der Waals surface area contributed by atoms with Gasteiger partial charge in [0.15, 0.2) is 12.4 Å². The highest BCUT2D eigenvalue weighted by Gasteiger charge is 2.27. The number of hydrogen-bond donors (Lipinski definition) is 2. The van der Waals surface area contributed by atoms with E-state index in [1.54, 1.807) is 25.1 Å². The Labute approximate surface area is 168 Å². The molecule has 0 spiro atoms. The quantitative estimate of drug-likeness (QED) is 0.472. The molecule has 0 unspecified atom stereocenters. The smallest absolute Gasteiger partial charge is 0.306 e. The summed E-state index contributed by atoms with van der Waals surface area (Å²) in [7, 11) is 0. The van der Waals surface area contributed by atoms with Crippen molar-refractivity contribution in [1.82, 2.24) is 4.98 Å². The van der Waals surface area contributed by atoms with E-state index in [0.29, 0.717) is 12.0 Å². The maximum atomic E-state index is 12.4. The van der Waals surface area contributed by atoms with Crippen molar-refractivity contribution >= 4 is 34.3 Å². The number of H-pyrrole nitrogens is 1. The zero-order chi connectivity index (χ0) is 20.4. The van der Waals surface area contributed by atoms with E-state index >= 15 is 0 Å². The molecule has 1 aliphatic rings. The fraction of sp³-hybridized carbons (Fsp3) is 0.261. The molecule has 29 heavy (non-hydrogen) atoms. The molecule has 3 aromatic rings. The fourth-order valence-electron chi connectivity index (χ4n) is 3.65. The third-order valence-corrected chi connectivity index (χ3v) is 5.36. The largest absolute Gasteiger partial charge is 0.457 e. The number of nitrogens with one attached hydrogen (secondary N) is 2. The van der Waals surface area contributed by atoms with Gasteiger partial charge in [-0.3, -0.25) is 14.4 Å². The van der Waals surface area contributed by atoms with E-state index in [4.69, 9.17) is 4.74 Å². The van der Waals surface area contributed by atoms with Crippen molar-refractivity contribution in [2.45, 2.75) is 32.1 Å². The summed E-state index contributed by atoms with van der Waals surface area (Å²) in [4.78, 5) is 39.3. The number of benzene rings is 2. The maximum absolute atomic E-state index is 12.4. The van der Waals surface area contributed by atoms with Crippen LogP contribution in [0.4, 0.5) is 5.69 Å². The Balaban J connectivity index is 1.26. The Morgan fingerprint density at radius 2 is 1.97 bits per heavy atom. The Kier molecular flexibility index (Phi) is 5.16. The average molecular weight is 390 g/mol. The molecule has 0 fully saturated rings. The van der Waals surface area contributed by atoms with Crippen LogP contribution < -0.4 is 5.32 Å². The first-order valence-electron chi connectivity index (χ1n) is 9.71. The molecule has 6 nitrogen and oxygen atoms in total. The molecule has 2 N–H and O–H groups in total. The standard InChI is InChI=1S/C23H22N2O4/c1-14-18-11-15(9-10-20(18)25-23(14)28)21(26)13-29-22(27)8-4-5-16-12-24-19-7-3-2-6-17(16)19/h2-3,6-7,9-12,14,24H,4-5,8,13H2,1H3,(H,25,28)/t14-/m0/s1. The molecule has 148 valence electrons. The first-order chi connectivity index (χ1) is 14.0. The van der Waals surface area contributed by atoms with Gasteiger partial charge in [-0.05, 0) is 55.2 Å². The molecular weight excluding hydrogens is 368 g/mol. The van der Waals surface area contributed by atoms with Crippen LogP contribution in [0, 0.1) is 0 Å². The summed E-state index contributed by atoms with van der Waals surface area (Å²) in [5.41, 5.74) is 4.22. The Hall–Kier alpha value is -3.41. The van der Waals surface area contributed by atoms with Gasteiger partial charge in [0.05, 0.1) is 5.92 Å². The second kappa shape index (κ2) is 7.91. The lowest BCUT2D eigenvalue weighted by Gasteiger charge is -2.07. The van der Waals surface area contributed by atoms with E-state index < -0.39 is 0 Å². The molecule has 0 radical (unpaired) electrons. The van der Waals surface area contributed by atoms with Crippen molar-refractivity contribution in [1.29, 1.82) is 0 Å². The van der Waals surface area contributed by atoms with Crippen LogP contribution in [0.3, 0.4) is 0 Å². The molecule has 1 aliphatic heterocycles. The van der Waals surface area contributed by atoms with E-state index in [1.807, 2.05) is 24.4 Å². The van der Waals surface area contributed by atoms with Gasteiger partial charge in [0.1, 0.15) is 0 Å². The van der Waals surface area contributed by atoms with E-state index in [-0.39, 0.29) is 36.6 Å². The number of carbonyl (C=O) groups is 3. The van der Waals surface area contributed by atoms with Crippen LogP contribution in [0.2, 0.25) is 0 Å². The Morgan fingerprint density at radius 3 is 2.83 bits per heavy atom. The van der Waals surface area contributed by atoms with Gasteiger partial charge in [-0.2, -0.15) is 0 Å². The fourth-order valence-corrected chi connectivity index (χ4v) is 3.65. The molecule has 0 saturated heterocycles. The molecule has 2 heterocycles. The summed E-state index contributed by atoms with van der Waals surface area (Å²) in [6.07, 6.45) is 3.64. The van der Waals surface area contributed by atoms with Crippen LogP contribution in [0.15, 0.2) is 48.7 Å². The molecule has 2 aromatic carbocycles. The Morgan fingerprint density at radius 1 is 1.14 bits per heavy atom. The minimum absolute atomic E-state index is 0.0776. The third-order valence-electron chi connectivity index (χ3n) is 5.36. The molecule has 1 atom stereocenters. The topological polar surface area (TPSA) is 88.3 Å². The number of para-hydroxylation sites is 1. The molecule has 4 rings (SSSR count). The first-order valence-corrected chi connectivity index (χ1v) is 9.71. The average Bonchev–Trinajstić information content (AvgIpc) is 3.27. The zero-order valence-corrected chi connectivity index (χ0v) is 16.2. The second-order valence-corrected chi connectivity index (χ2v) is 7.31. The van der Waals surface area contributed by atoms with Gasteiger partial charge in [-0.1, -0.05) is 18.2 Å². The van der Waals surface area contributed by atoms with Crippen LogP contribution in [-0.2, 0) is 20.7 Å². The van der Waals surface area contributed by atoms with Crippen molar-refractivity contribution < 1.29 is 19.1 Å². The number of esters is 1. The van der Waals surface area contributed by atoms with Crippen LogP contribution in [0.25, 0.3) is 10.9 Å². The third kappa shape index (κ3) is 3.92. The van der Waals surface area contributed by atoms with Crippen molar-refractivity contribution in [3.8, 4) is 0 Å². The van der Waals surface area contributed by atoms with E-state index in [0.717, 1.165) is 28.6 Å². The highest BCUT2D eigenvalue weighted by Crippen LogP contribution is 2.32. The van der Waals surface area contributed by atoms with Gasteiger partial charge in [-0.15, -0.1) is 0 Å². The van der Waals surface area contributed by atoms with Crippen LogP contribution >= 0.6 is 0 Å². The number of fused-ring (bicyclic) bond motifs is 2. The lowest BCUT2D eigenvalue weighted by Crippen LogP contribution is -2.14. The van der Waals surface area contributed by atoms with Gasteiger partial charge in [0, 0.05) is 34.8 Å². The predicted molar refractivity (Wildman–Crippen MR) is 110 cm³/mol. The molecule has 0 saturated carbocycles. The van der Waals surface area contributed by atoms with Crippen molar-refractivity contribution in [3.05, 3.63) is 65.4 Å². The maximum Gasteiger partial charge on any atom is 0.306 e. The molecule has 1 aromatic heterocycles. The Bertz CT molecular complexity index is 1100. The first kappa shape index (κ1) is 18.9. The minimum atomic E-state index is -0.385. The molecular formula is C23H22N2O4. The number of carbonyl (C=O) groups excluding carboxylic acids is 3. The van der Waals surface area contributed by atoms with E-state index in [9.17, 15) is 14.4 Å². The number of rotatable bonds is 7. The highest BCUT2D eigenvalue weighted by molar-refractivity contribution is 6.05. The second-order valence-electron chi connectivity index (χ2n) is 7.31. The number of ether oxygens (including phenoxy) is 1. The summed E-state index contributed by atoms with van der Waals surface area (Å²) in [5, 5.41) is 3.93. The number of aromatic amines is 1. The number of Topliss-reactive ketones (excluding diaryl/α,β-unsaturated/α-hetero) is 1. The minimum Gasteiger partial charge on any atom is -0.457 e. The number of aryl methyl sites for hydroxylation is 1. The van der Waals surface area contributed by atoms with Crippen LogP contribution in [0.1, 0.15) is 47.2 Å². The number of hydrogen-bond acceptors (Lipinski definition) is 4. The van der Waals surface area contributed by atoms with Gasteiger partial charge in [-0.25, -0.2) is 0 Å². The molecule has 0 bridgehead atoms. The van der Waals surface area contributed by atoms with Crippen molar-refractivity contribution in [2.24, 2.45) is 0 Å². The van der Waals surface area contributed by atoms with Gasteiger partial charge >= 0.3 is 5.97 Å². The summed E-state index contributed by atoms with van der Waals surface area (Å²) in [6.45, 7) is 1.50. The van der Waals surface area contributed by atoms with Gasteiger partial charge in [0.25, 0.3) is 0 Å². The van der Waals surface area contributed by atoms with Crippen molar-refractivity contribution in [2.75, 3.05) is 11.9 Å². The SMILES string of the molecule is C[C@@H]1C(=O)Nc2ccc(C(=O)COC(=O)CCCc3c[nH]c4ccccc34)cc21. The highest BCUT2D eigenvalue weighted by atomic mass is 16.5. The van der Waals surface area contributed by atoms with Crippen LogP contribution in [-0.4, -0.2) is 29.3 Å². The van der Waals surface area contributed by atoms with Crippen molar-refractivity contribution in [3.63, 3.8) is 0 Å². The van der Waals surface area contributed by atoms with Crippen LogP contribution in [0.5, 0.6) is 0 Å². The zero-order valence-electron chi connectivity index (χ0n) is 16.2. The molecule has 0 aliphatic carbocycles. The predicted octanol–water partition coefficient (Wildman–Crippen LogP) is 3.97. The van der Waals surface area contributed by atoms with Gasteiger partial charge in [0.2, 0.25) is 5.91 Å². The number of aromatic nitrogens is 1. The number of anilines is 1. The molecule has 6 heteroatoms. The lowest BCUT2D eigenvalue weighted by molar-refractivity contribution is -0.142. The number of amides is 1.